The van der Waals surface area contributed by atoms with Crippen molar-refractivity contribution in [3.63, 3.8) is 0 Å². The Morgan fingerprint density at radius 1 is 1.33 bits per heavy atom. The van der Waals surface area contributed by atoms with E-state index in [0.29, 0.717) is 0 Å². The standard InChI is InChI=1S/C6H8O4.C4H10O/c1-2-6(9)10-4-3-5(7)8;1-3-5-4-2/h2H,1,3-4H2,(H,7,8);3-4H2,1-2H3. The van der Waals surface area contributed by atoms with Gasteiger partial charge >= 0.3 is 11.9 Å². The predicted octanol–water partition coefficient (Wildman–Crippen LogP) is 1.23. The number of hydrogen-bond donors (Lipinski definition) is 1. The number of rotatable bonds is 6. The summed E-state index contributed by atoms with van der Waals surface area (Å²) in [7, 11) is 0. The van der Waals surface area contributed by atoms with Gasteiger partial charge in [0.1, 0.15) is 6.61 Å². The van der Waals surface area contributed by atoms with Crippen molar-refractivity contribution in [3.8, 4) is 0 Å². The lowest BCUT2D eigenvalue weighted by Crippen LogP contribution is -2.06. The van der Waals surface area contributed by atoms with Gasteiger partial charge in [-0.05, 0) is 13.8 Å². The second-order valence-corrected chi connectivity index (χ2v) is 2.30. The molecule has 0 aliphatic heterocycles. The molecule has 0 spiro atoms. The normalized spacial score (nSPS) is 8.40. The number of hydrogen-bond acceptors (Lipinski definition) is 4. The highest BCUT2D eigenvalue weighted by Crippen LogP contribution is 1.83. The molecule has 0 aromatic heterocycles. The minimum Gasteiger partial charge on any atom is -0.481 e. The first-order chi connectivity index (χ1) is 7.08. The summed E-state index contributed by atoms with van der Waals surface area (Å²) in [5.41, 5.74) is 0. The van der Waals surface area contributed by atoms with Gasteiger partial charge < -0.3 is 14.6 Å². The monoisotopic (exact) mass is 218 g/mol. The summed E-state index contributed by atoms with van der Waals surface area (Å²) in [5, 5.41) is 8.08. The van der Waals surface area contributed by atoms with Crippen LogP contribution in [-0.4, -0.2) is 36.9 Å². The molecule has 0 saturated heterocycles. The summed E-state index contributed by atoms with van der Waals surface area (Å²) < 4.78 is 9.20. The molecule has 5 heteroatoms. The summed E-state index contributed by atoms with van der Waals surface area (Å²) in [6.07, 6.45) is 0.821. The van der Waals surface area contributed by atoms with Gasteiger partial charge in [-0.2, -0.15) is 0 Å². The van der Waals surface area contributed by atoms with Crippen LogP contribution in [0.2, 0.25) is 0 Å². The van der Waals surface area contributed by atoms with E-state index in [0.717, 1.165) is 19.3 Å². The van der Waals surface area contributed by atoms with E-state index in [-0.39, 0.29) is 13.0 Å². The highest BCUT2D eigenvalue weighted by Gasteiger charge is 1.98. The van der Waals surface area contributed by atoms with Crippen LogP contribution in [0.3, 0.4) is 0 Å². The van der Waals surface area contributed by atoms with Gasteiger partial charge in [-0.25, -0.2) is 4.79 Å². The van der Waals surface area contributed by atoms with Crippen LogP contribution >= 0.6 is 0 Å². The van der Waals surface area contributed by atoms with Gasteiger partial charge in [0.25, 0.3) is 0 Å². The number of esters is 1. The van der Waals surface area contributed by atoms with Crippen LogP contribution in [0.1, 0.15) is 20.3 Å². The minimum absolute atomic E-state index is 0.0970. The van der Waals surface area contributed by atoms with Crippen molar-refractivity contribution in [1.82, 2.24) is 0 Å². The van der Waals surface area contributed by atoms with Crippen LogP contribution in [0.25, 0.3) is 0 Å². The van der Waals surface area contributed by atoms with E-state index in [2.05, 4.69) is 11.3 Å². The molecule has 0 bridgehead atoms. The van der Waals surface area contributed by atoms with Gasteiger partial charge in [-0.15, -0.1) is 0 Å². The first-order valence-corrected chi connectivity index (χ1v) is 4.67. The van der Waals surface area contributed by atoms with Gasteiger partial charge in [0, 0.05) is 19.3 Å². The molecular formula is C10H18O5. The van der Waals surface area contributed by atoms with E-state index < -0.39 is 11.9 Å². The van der Waals surface area contributed by atoms with Crippen molar-refractivity contribution in [2.24, 2.45) is 0 Å². The zero-order chi connectivity index (χ0) is 12.1. The third kappa shape index (κ3) is 19.2. The van der Waals surface area contributed by atoms with Gasteiger partial charge in [-0.3, -0.25) is 4.79 Å². The average molecular weight is 218 g/mol. The highest BCUT2D eigenvalue weighted by molar-refractivity contribution is 5.81. The maximum absolute atomic E-state index is 10.3. The quantitative estimate of drug-likeness (QED) is 0.536. The zero-order valence-corrected chi connectivity index (χ0v) is 9.19. The lowest BCUT2D eigenvalue weighted by Gasteiger charge is -1.96. The molecule has 0 atom stereocenters. The van der Waals surface area contributed by atoms with Crippen LogP contribution in [0.5, 0.6) is 0 Å². The molecule has 0 rings (SSSR count). The van der Waals surface area contributed by atoms with E-state index in [1.54, 1.807) is 0 Å². The SMILES string of the molecule is C=CC(=O)OCCC(=O)O.CCOCC. The fraction of sp³-hybridized carbons (Fsp3) is 0.600. The van der Waals surface area contributed by atoms with Crippen LogP contribution in [0, 0.1) is 0 Å². The number of carboxylic acid groups (broad SMARTS) is 1. The Morgan fingerprint density at radius 3 is 2.13 bits per heavy atom. The fourth-order valence-corrected chi connectivity index (χ4v) is 0.502. The van der Waals surface area contributed by atoms with Crippen LogP contribution in [0.4, 0.5) is 0 Å². The van der Waals surface area contributed by atoms with Crippen molar-refractivity contribution in [3.05, 3.63) is 12.7 Å². The molecule has 5 nitrogen and oxygen atoms in total. The summed E-state index contributed by atoms with van der Waals surface area (Å²) in [6.45, 7) is 8.71. The Hall–Kier alpha value is -1.36. The second kappa shape index (κ2) is 12.6. The lowest BCUT2D eigenvalue weighted by atomic mass is 10.5. The number of carbonyl (C=O) groups is 2. The highest BCUT2D eigenvalue weighted by atomic mass is 16.5. The van der Waals surface area contributed by atoms with Crippen LogP contribution < -0.4 is 0 Å². The lowest BCUT2D eigenvalue weighted by molar-refractivity contribution is -0.142. The summed E-state index contributed by atoms with van der Waals surface area (Å²) in [4.78, 5) is 20.1. The Balaban J connectivity index is 0. The maximum atomic E-state index is 10.3. The molecule has 0 heterocycles. The molecule has 0 aromatic rings. The molecular weight excluding hydrogens is 200 g/mol. The molecule has 15 heavy (non-hydrogen) atoms. The Labute approximate surface area is 89.7 Å². The predicted molar refractivity (Wildman–Crippen MR) is 55.6 cm³/mol. The molecule has 0 aromatic carbocycles. The van der Waals surface area contributed by atoms with Gasteiger partial charge in [0.2, 0.25) is 0 Å². The zero-order valence-electron chi connectivity index (χ0n) is 9.19. The number of aliphatic carboxylic acids is 1. The summed E-state index contributed by atoms with van der Waals surface area (Å²) in [5.74, 6) is -1.59. The minimum atomic E-state index is -0.989. The Bertz CT molecular complexity index is 186. The third-order valence-electron chi connectivity index (χ3n) is 1.14. The summed E-state index contributed by atoms with van der Waals surface area (Å²) >= 11 is 0. The molecule has 88 valence electrons. The molecule has 0 amide bonds. The van der Waals surface area contributed by atoms with Gasteiger partial charge in [0.15, 0.2) is 0 Å². The first kappa shape index (κ1) is 16.1. The van der Waals surface area contributed by atoms with Gasteiger partial charge in [-0.1, -0.05) is 6.58 Å². The number of carboxylic acids is 1. The van der Waals surface area contributed by atoms with Crippen LogP contribution in [-0.2, 0) is 19.1 Å². The van der Waals surface area contributed by atoms with Crippen molar-refractivity contribution in [2.45, 2.75) is 20.3 Å². The second-order valence-electron chi connectivity index (χ2n) is 2.30. The summed E-state index contributed by atoms with van der Waals surface area (Å²) in [6, 6.07) is 0. The smallest absolute Gasteiger partial charge is 0.330 e. The van der Waals surface area contributed by atoms with Crippen LogP contribution in [0.15, 0.2) is 12.7 Å². The van der Waals surface area contributed by atoms with Crippen molar-refractivity contribution < 1.29 is 24.2 Å². The van der Waals surface area contributed by atoms with E-state index in [4.69, 9.17) is 9.84 Å². The van der Waals surface area contributed by atoms with Crippen molar-refractivity contribution >= 4 is 11.9 Å². The number of ether oxygens (including phenoxy) is 2. The van der Waals surface area contributed by atoms with E-state index in [1.165, 1.54) is 0 Å². The van der Waals surface area contributed by atoms with E-state index in [1.807, 2.05) is 13.8 Å². The molecule has 0 aliphatic carbocycles. The molecule has 0 aliphatic rings. The van der Waals surface area contributed by atoms with E-state index >= 15 is 0 Å². The maximum Gasteiger partial charge on any atom is 0.330 e. The topological polar surface area (TPSA) is 72.8 Å². The molecule has 0 saturated carbocycles. The molecule has 0 fully saturated rings. The molecule has 0 unspecified atom stereocenters. The third-order valence-corrected chi connectivity index (χ3v) is 1.14. The fourth-order valence-electron chi connectivity index (χ4n) is 0.502. The van der Waals surface area contributed by atoms with E-state index in [9.17, 15) is 9.59 Å². The van der Waals surface area contributed by atoms with Crippen molar-refractivity contribution in [2.75, 3.05) is 19.8 Å². The first-order valence-electron chi connectivity index (χ1n) is 4.67. The van der Waals surface area contributed by atoms with Crippen molar-refractivity contribution in [1.29, 1.82) is 0 Å². The largest absolute Gasteiger partial charge is 0.481 e. The van der Waals surface area contributed by atoms with Gasteiger partial charge in [0.05, 0.1) is 6.42 Å². The Kier molecular flexibility index (Phi) is 13.6. The average Bonchev–Trinajstić information content (AvgIpc) is 2.19. The Morgan fingerprint density at radius 2 is 1.87 bits per heavy atom. The number of carbonyl (C=O) groups excluding carboxylic acids is 1. The molecule has 1 N–H and O–H groups in total. The molecule has 0 radical (unpaired) electrons.